The van der Waals surface area contributed by atoms with Crippen LogP contribution in [0.4, 0.5) is 4.79 Å². The van der Waals surface area contributed by atoms with E-state index >= 15 is 0 Å². The summed E-state index contributed by atoms with van der Waals surface area (Å²) in [6.07, 6.45) is -0.525. The number of halogens is 3. The Labute approximate surface area is 219 Å². The van der Waals surface area contributed by atoms with Crippen molar-refractivity contribution in [2.75, 3.05) is 25.5 Å². The number of thioether (sulfide) groups is 2. The molecule has 0 saturated carbocycles. The zero-order valence-electron chi connectivity index (χ0n) is 17.2. The molecule has 1 aliphatic heterocycles. The molecule has 0 aromatic carbocycles. The highest BCUT2D eigenvalue weighted by molar-refractivity contribution is 8.47. The van der Waals surface area contributed by atoms with E-state index in [-0.39, 0.29) is 19.1 Å². The Bertz CT molecular complexity index is 770. The van der Waals surface area contributed by atoms with E-state index in [1.54, 1.807) is 0 Å². The molecule has 1 fully saturated rings. The summed E-state index contributed by atoms with van der Waals surface area (Å²) in [5.74, 6) is -2.11. The van der Waals surface area contributed by atoms with Crippen molar-refractivity contribution in [2.45, 2.75) is 28.2 Å². The molecule has 1 rings (SSSR count). The summed E-state index contributed by atoms with van der Waals surface area (Å²) in [7, 11) is 0. The molecule has 10 nitrogen and oxygen atoms in total. The van der Waals surface area contributed by atoms with Gasteiger partial charge in [-0.3, -0.25) is 9.59 Å². The molecule has 1 aliphatic rings. The maximum absolute atomic E-state index is 11.9. The summed E-state index contributed by atoms with van der Waals surface area (Å²) in [4.78, 5) is 47.0. The molecule has 1 heterocycles. The van der Waals surface area contributed by atoms with Crippen LogP contribution in [0.25, 0.3) is 0 Å². The number of carbonyl (C=O) groups excluding carboxylic acids is 4. The lowest BCUT2D eigenvalue weighted by Crippen LogP contribution is -2.61. The maximum atomic E-state index is 11.9. The largest absolute Gasteiger partial charge is 0.508 e. The van der Waals surface area contributed by atoms with Gasteiger partial charge >= 0.3 is 12.1 Å². The van der Waals surface area contributed by atoms with Gasteiger partial charge in [0.25, 0.3) is 0 Å². The third-order valence-electron chi connectivity index (χ3n) is 3.78. The zero-order chi connectivity index (χ0) is 25.2. The molecule has 0 bridgehead atoms. The zero-order valence-corrected chi connectivity index (χ0v) is 21.9. The number of carbonyl (C=O) groups is 4. The van der Waals surface area contributed by atoms with Crippen molar-refractivity contribution in [1.82, 2.24) is 10.6 Å². The lowest BCUT2D eigenvalue weighted by Gasteiger charge is -2.38. The lowest BCUT2D eigenvalue weighted by atomic mass is 9.96. The van der Waals surface area contributed by atoms with E-state index in [4.69, 9.17) is 62.2 Å². The Morgan fingerprint density at radius 1 is 1.36 bits per heavy atom. The molecule has 4 atom stereocenters. The van der Waals surface area contributed by atoms with E-state index in [0.29, 0.717) is 9.28 Å². The monoisotopic (exact) mass is 581 g/mol. The summed E-state index contributed by atoms with van der Waals surface area (Å²) < 4.78 is 13.2. The summed E-state index contributed by atoms with van der Waals surface area (Å²) >= 11 is 24.2. The molecule has 0 radical (unpaired) electrons. The smallest absolute Gasteiger partial charge is 0.460 e. The fourth-order valence-corrected chi connectivity index (χ4v) is 5.03. The van der Waals surface area contributed by atoms with Crippen LogP contribution in [0.15, 0.2) is 12.7 Å². The molecule has 2 unspecified atom stereocenters. The Balaban J connectivity index is 2.34. The number of ether oxygens (including phenoxy) is 3. The fraction of sp³-hybridized carbons (Fsp3) is 0.588. The quantitative estimate of drug-likeness (QED) is 0.0624. The van der Waals surface area contributed by atoms with Gasteiger partial charge in [-0.2, -0.15) is 0 Å². The Hall–Kier alpha value is -0.960. The molecular weight excluding hydrogens is 561 g/mol. The van der Waals surface area contributed by atoms with Gasteiger partial charge < -0.3 is 30.6 Å². The summed E-state index contributed by atoms with van der Waals surface area (Å²) in [5.41, 5.74) is 5.50. The average molecular weight is 583 g/mol. The molecule has 1 saturated heterocycles. The van der Waals surface area contributed by atoms with E-state index in [1.165, 1.54) is 36.5 Å². The molecule has 0 aliphatic carbocycles. The number of rotatable bonds is 11. The van der Waals surface area contributed by atoms with Crippen LogP contribution in [0.3, 0.4) is 0 Å². The molecule has 16 heteroatoms. The van der Waals surface area contributed by atoms with Crippen LogP contribution in [-0.2, 0) is 28.6 Å². The van der Waals surface area contributed by atoms with Crippen molar-refractivity contribution in [3.63, 3.8) is 0 Å². The highest BCUT2D eigenvalue weighted by Crippen LogP contribution is 2.34. The van der Waals surface area contributed by atoms with Gasteiger partial charge in [-0.25, -0.2) is 9.59 Å². The van der Waals surface area contributed by atoms with E-state index in [2.05, 4.69) is 21.9 Å². The molecule has 0 aromatic heterocycles. The summed E-state index contributed by atoms with van der Waals surface area (Å²) in [5, 5.41) is 4.75. The number of esters is 1. The minimum Gasteiger partial charge on any atom is -0.460 e. The fourth-order valence-electron chi connectivity index (χ4n) is 2.22. The molecule has 0 aromatic rings. The number of amides is 2. The van der Waals surface area contributed by atoms with Crippen LogP contribution in [0.2, 0.25) is 0 Å². The van der Waals surface area contributed by atoms with Crippen LogP contribution in [-0.4, -0.2) is 74.3 Å². The van der Waals surface area contributed by atoms with Crippen molar-refractivity contribution in [2.24, 2.45) is 11.7 Å². The average Bonchev–Trinajstić information content (AvgIpc) is 2.71. The first kappa shape index (κ1) is 30.1. The van der Waals surface area contributed by atoms with Gasteiger partial charge in [0.05, 0.1) is 5.37 Å². The van der Waals surface area contributed by atoms with Gasteiger partial charge in [0.1, 0.15) is 28.8 Å². The van der Waals surface area contributed by atoms with Crippen molar-refractivity contribution in [3.8, 4) is 0 Å². The third-order valence-corrected chi connectivity index (χ3v) is 6.89. The molecule has 0 spiro atoms. The van der Waals surface area contributed by atoms with Crippen LogP contribution in [0.1, 0.15) is 6.92 Å². The minimum absolute atomic E-state index is 0.0420. The number of β-lactam (4-membered cyclic amide) rings is 1. The van der Waals surface area contributed by atoms with E-state index in [1.807, 2.05) is 0 Å². The summed E-state index contributed by atoms with van der Waals surface area (Å²) in [6.45, 7) is 4.57. The normalized spacial score (nSPS) is 19.2. The van der Waals surface area contributed by atoms with Crippen LogP contribution < -0.4 is 16.4 Å². The van der Waals surface area contributed by atoms with E-state index in [9.17, 15) is 19.2 Å². The number of nitrogens with one attached hydrogen (secondary N) is 2. The predicted molar refractivity (Wildman–Crippen MR) is 132 cm³/mol. The van der Waals surface area contributed by atoms with Gasteiger partial charge in [-0.1, -0.05) is 71.4 Å². The SMILES string of the molecule is C=CCOC(=O)C(N)C(=O)NCCSC(=S)S[C@H]1NC(=O)[C@@H]1C(C)OC(=O)OCC(Cl)(Cl)Cl. The first-order chi connectivity index (χ1) is 15.4. The van der Waals surface area contributed by atoms with Gasteiger partial charge in [-0.05, 0) is 6.92 Å². The standard InChI is InChI=1S/C17H22Cl3N3O7S3/c1-3-5-28-14(26)10(21)12(25)22-4-6-32-16(31)33-13-9(11(24)23-13)8(2)30-15(27)29-7-17(18,19)20/h3,8-10,13H,1,4-7,21H2,2H3,(H,22,25)(H,23,24)/t8?,9-,10?,13+/m0/s1. The van der Waals surface area contributed by atoms with Crippen LogP contribution in [0, 0.1) is 5.92 Å². The van der Waals surface area contributed by atoms with Crippen molar-refractivity contribution >= 4 is 98.0 Å². The second-order valence-corrected chi connectivity index (χ2v) is 12.3. The number of hydrogen-bond acceptors (Lipinski definition) is 11. The van der Waals surface area contributed by atoms with E-state index < -0.39 is 51.9 Å². The molecular formula is C17H22Cl3N3O7S3. The van der Waals surface area contributed by atoms with Gasteiger partial charge in [0, 0.05) is 12.3 Å². The van der Waals surface area contributed by atoms with Crippen molar-refractivity contribution in [3.05, 3.63) is 12.7 Å². The molecule has 2 amide bonds. The topological polar surface area (TPSA) is 146 Å². The van der Waals surface area contributed by atoms with Crippen LogP contribution >= 0.6 is 70.5 Å². The van der Waals surface area contributed by atoms with Crippen molar-refractivity contribution in [1.29, 1.82) is 0 Å². The van der Waals surface area contributed by atoms with Gasteiger partial charge in [-0.15, -0.1) is 11.8 Å². The third kappa shape index (κ3) is 11.3. The molecule has 33 heavy (non-hydrogen) atoms. The number of thiocarbonyl (C=S) groups is 1. The van der Waals surface area contributed by atoms with Crippen molar-refractivity contribution < 1.29 is 33.4 Å². The molecule has 4 N–H and O–H groups in total. The maximum Gasteiger partial charge on any atom is 0.508 e. The Morgan fingerprint density at radius 2 is 2.03 bits per heavy atom. The molecule has 186 valence electrons. The number of nitrogens with two attached hydrogens (primary N) is 1. The predicted octanol–water partition coefficient (Wildman–Crippen LogP) is 1.89. The second-order valence-electron chi connectivity index (χ2n) is 6.34. The van der Waals surface area contributed by atoms with E-state index in [0.717, 1.165) is 0 Å². The second kappa shape index (κ2) is 14.4. The van der Waals surface area contributed by atoms with Gasteiger partial charge in [0.2, 0.25) is 15.6 Å². The first-order valence-electron chi connectivity index (χ1n) is 9.20. The summed E-state index contributed by atoms with van der Waals surface area (Å²) in [6, 6.07) is -1.44. The minimum atomic E-state index is -1.78. The Morgan fingerprint density at radius 3 is 2.61 bits per heavy atom. The highest BCUT2D eigenvalue weighted by atomic mass is 35.6. The Kier molecular flexibility index (Phi) is 13.2. The first-order valence-corrected chi connectivity index (χ1v) is 12.6. The number of hydrogen-bond donors (Lipinski definition) is 3. The number of alkyl halides is 3. The van der Waals surface area contributed by atoms with Gasteiger partial charge in [0.15, 0.2) is 6.04 Å². The lowest BCUT2D eigenvalue weighted by molar-refractivity contribution is -0.147. The highest BCUT2D eigenvalue weighted by Gasteiger charge is 2.46. The van der Waals surface area contributed by atoms with Crippen LogP contribution in [0.5, 0.6) is 0 Å².